The molecule has 0 aliphatic carbocycles. The fourth-order valence-corrected chi connectivity index (χ4v) is 3.45. The second-order valence-corrected chi connectivity index (χ2v) is 8.24. The lowest BCUT2D eigenvalue weighted by Crippen LogP contribution is -2.24. The topological polar surface area (TPSA) is 94.2 Å². The molecule has 2 aromatic carbocycles. The summed E-state index contributed by atoms with van der Waals surface area (Å²) in [7, 11) is -0.875. The minimum Gasteiger partial charge on any atom is -0.494 e. The quantitative estimate of drug-likeness (QED) is 0.633. The average Bonchev–Trinajstić information content (AvgIpc) is 2.69. The SMILES string of the molecule is CCOc1ccc(OCC(=O)Nc2ccc(OCC)c(S(=O)(=O)N(C)C)c2)cc1. The van der Waals surface area contributed by atoms with Gasteiger partial charge in [0.05, 0.1) is 13.2 Å². The summed E-state index contributed by atoms with van der Waals surface area (Å²) in [5, 5.41) is 2.64. The molecule has 0 saturated heterocycles. The van der Waals surface area contributed by atoms with E-state index in [0.29, 0.717) is 30.4 Å². The van der Waals surface area contributed by atoms with Crippen LogP contribution in [0.3, 0.4) is 0 Å². The van der Waals surface area contributed by atoms with Crippen LogP contribution in [0.1, 0.15) is 13.8 Å². The van der Waals surface area contributed by atoms with Crippen LogP contribution >= 0.6 is 0 Å². The van der Waals surface area contributed by atoms with E-state index in [4.69, 9.17) is 14.2 Å². The van der Waals surface area contributed by atoms with Crippen molar-refractivity contribution in [3.8, 4) is 17.2 Å². The number of carbonyl (C=O) groups excluding carboxylic acids is 1. The van der Waals surface area contributed by atoms with Gasteiger partial charge in [-0.2, -0.15) is 0 Å². The molecule has 8 nitrogen and oxygen atoms in total. The van der Waals surface area contributed by atoms with Gasteiger partial charge in [0.1, 0.15) is 22.1 Å². The molecule has 0 spiro atoms. The van der Waals surface area contributed by atoms with Crippen LogP contribution in [-0.4, -0.2) is 52.5 Å². The highest BCUT2D eigenvalue weighted by Crippen LogP contribution is 2.29. The minimum atomic E-state index is -3.74. The summed E-state index contributed by atoms with van der Waals surface area (Å²) < 4.78 is 42.4. The second-order valence-electron chi connectivity index (χ2n) is 6.12. The molecule has 0 atom stereocenters. The molecule has 0 fully saturated rings. The smallest absolute Gasteiger partial charge is 0.262 e. The van der Waals surface area contributed by atoms with E-state index in [2.05, 4.69) is 5.32 Å². The van der Waals surface area contributed by atoms with Crippen molar-refractivity contribution in [2.75, 3.05) is 39.2 Å². The highest BCUT2D eigenvalue weighted by molar-refractivity contribution is 7.89. The molecule has 1 amide bonds. The Hall–Kier alpha value is -2.78. The molecular formula is C20H26N2O6S. The van der Waals surface area contributed by atoms with Gasteiger partial charge in [0.15, 0.2) is 6.61 Å². The normalized spacial score (nSPS) is 11.2. The van der Waals surface area contributed by atoms with Crippen molar-refractivity contribution in [1.82, 2.24) is 4.31 Å². The van der Waals surface area contributed by atoms with Crippen molar-refractivity contribution in [3.63, 3.8) is 0 Å². The molecule has 29 heavy (non-hydrogen) atoms. The average molecular weight is 423 g/mol. The fourth-order valence-electron chi connectivity index (χ4n) is 2.40. The summed E-state index contributed by atoms with van der Waals surface area (Å²) in [5.74, 6) is 1.04. The molecule has 0 heterocycles. The number of rotatable bonds is 10. The van der Waals surface area contributed by atoms with E-state index in [1.54, 1.807) is 37.3 Å². The number of nitrogens with one attached hydrogen (secondary N) is 1. The number of sulfonamides is 1. The molecule has 0 unspecified atom stereocenters. The first kappa shape index (κ1) is 22.5. The van der Waals surface area contributed by atoms with Gasteiger partial charge in [-0.15, -0.1) is 0 Å². The Morgan fingerprint density at radius 1 is 0.931 bits per heavy atom. The van der Waals surface area contributed by atoms with E-state index in [1.807, 2.05) is 6.92 Å². The number of hydrogen-bond acceptors (Lipinski definition) is 6. The number of anilines is 1. The van der Waals surface area contributed by atoms with Crippen LogP contribution in [0.4, 0.5) is 5.69 Å². The first-order chi connectivity index (χ1) is 13.8. The summed E-state index contributed by atoms with van der Waals surface area (Å²) in [6, 6.07) is 11.4. The first-order valence-corrected chi connectivity index (χ1v) is 10.6. The van der Waals surface area contributed by atoms with Gasteiger partial charge in [0, 0.05) is 19.8 Å². The Morgan fingerprint density at radius 2 is 1.52 bits per heavy atom. The highest BCUT2D eigenvalue weighted by atomic mass is 32.2. The van der Waals surface area contributed by atoms with E-state index in [9.17, 15) is 13.2 Å². The Morgan fingerprint density at radius 3 is 2.07 bits per heavy atom. The maximum absolute atomic E-state index is 12.5. The predicted octanol–water partition coefficient (Wildman–Crippen LogP) is 2.75. The third-order valence-corrected chi connectivity index (χ3v) is 5.63. The van der Waals surface area contributed by atoms with Gasteiger partial charge >= 0.3 is 0 Å². The molecular weight excluding hydrogens is 396 g/mol. The molecule has 2 aromatic rings. The summed E-state index contributed by atoms with van der Waals surface area (Å²) in [6.07, 6.45) is 0. The lowest BCUT2D eigenvalue weighted by atomic mass is 10.3. The van der Waals surface area contributed by atoms with Crippen molar-refractivity contribution in [2.45, 2.75) is 18.7 Å². The van der Waals surface area contributed by atoms with Gasteiger partial charge in [0.25, 0.3) is 5.91 Å². The van der Waals surface area contributed by atoms with E-state index in [0.717, 1.165) is 4.31 Å². The van der Waals surface area contributed by atoms with Gasteiger partial charge in [0.2, 0.25) is 10.0 Å². The van der Waals surface area contributed by atoms with Crippen LogP contribution in [0.25, 0.3) is 0 Å². The number of benzene rings is 2. The first-order valence-electron chi connectivity index (χ1n) is 9.12. The highest BCUT2D eigenvalue weighted by Gasteiger charge is 2.23. The molecule has 158 valence electrons. The standard InChI is InChI=1S/C20H26N2O6S/c1-5-26-16-8-10-17(11-9-16)28-14-20(23)21-15-7-12-18(27-6-2)19(13-15)29(24,25)22(3)4/h7-13H,5-6,14H2,1-4H3,(H,21,23). The van der Waals surface area contributed by atoms with Gasteiger partial charge in [-0.3, -0.25) is 4.79 Å². The Labute approximate surface area is 171 Å². The van der Waals surface area contributed by atoms with Crippen LogP contribution < -0.4 is 19.5 Å². The van der Waals surface area contributed by atoms with E-state index in [1.165, 1.54) is 26.2 Å². The third-order valence-electron chi connectivity index (χ3n) is 3.79. The number of ether oxygens (including phenoxy) is 3. The Kier molecular flexibility index (Phi) is 7.86. The summed E-state index contributed by atoms with van der Waals surface area (Å²) in [6.45, 7) is 4.32. The third kappa shape index (κ3) is 6.10. The van der Waals surface area contributed by atoms with Crippen LogP contribution in [0.15, 0.2) is 47.4 Å². The van der Waals surface area contributed by atoms with E-state index in [-0.39, 0.29) is 17.3 Å². The van der Waals surface area contributed by atoms with Crippen molar-refractivity contribution >= 4 is 21.6 Å². The Bertz CT molecular complexity index is 926. The summed E-state index contributed by atoms with van der Waals surface area (Å²) in [4.78, 5) is 12.2. The van der Waals surface area contributed by atoms with E-state index < -0.39 is 15.9 Å². The lowest BCUT2D eigenvalue weighted by molar-refractivity contribution is -0.118. The largest absolute Gasteiger partial charge is 0.494 e. The summed E-state index contributed by atoms with van der Waals surface area (Å²) >= 11 is 0. The van der Waals surface area contributed by atoms with Gasteiger partial charge < -0.3 is 19.5 Å². The van der Waals surface area contributed by atoms with Gasteiger partial charge in [-0.25, -0.2) is 12.7 Å². The second kappa shape index (κ2) is 10.1. The molecule has 9 heteroatoms. The molecule has 0 aliphatic heterocycles. The maximum Gasteiger partial charge on any atom is 0.262 e. The molecule has 0 bridgehead atoms. The van der Waals surface area contributed by atoms with Crippen LogP contribution in [-0.2, 0) is 14.8 Å². The van der Waals surface area contributed by atoms with Crippen molar-refractivity contribution in [3.05, 3.63) is 42.5 Å². The molecule has 0 radical (unpaired) electrons. The lowest BCUT2D eigenvalue weighted by Gasteiger charge is -2.16. The van der Waals surface area contributed by atoms with Crippen LogP contribution in [0.5, 0.6) is 17.2 Å². The Balaban J connectivity index is 2.07. The number of amides is 1. The maximum atomic E-state index is 12.5. The summed E-state index contributed by atoms with van der Waals surface area (Å²) in [5.41, 5.74) is 0.328. The zero-order valence-corrected chi connectivity index (χ0v) is 17.8. The van der Waals surface area contributed by atoms with Crippen molar-refractivity contribution in [2.24, 2.45) is 0 Å². The molecule has 0 aromatic heterocycles. The zero-order chi connectivity index (χ0) is 21.4. The molecule has 1 N–H and O–H groups in total. The zero-order valence-electron chi connectivity index (χ0n) is 17.0. The fraction of sp³-hybridized carbons (Fsp3) is 0.350. The number of hydrogen-bond donors (Lipinski definition) is 1. The molecule has 0 saturated carbocycles. The monoisotopic (exact) mass is 422 g/mol. The molecule has 0 aliphatic rings. The number of nitrogens with zero attached hydrogens (tertiary/aromatic N) is 1. The van der Waals surface area contributed by atoms with Gasteiger partial charge in [-0.05, 0) is 56.3 Å². The van der Waals surface area contributed by atoms with Crippen LogP contribution in [0.2, 0.25) is 0 Å². The van der Waals surface area contributed by atoms with E-state index >= 15 is 0 Å². The van der Waals surface area contributed by atoms with Crippen molar-refractivity contribution in [1.29, 1.82) is 0 Å². The minimum absolute atomic E-state index is 0.0189. The number of carbonyl (C=O) groups is 1. The molecule has 2 rings (SSSR count). The van der Waals surface area contributed by atoms with Gasteiger partial charge in [-0.1, -0.05) is 0 Å². The van der Waals surface area contributed by atoms with Crippen molar-refractivity contribution < 1.29 is 27.4 Å². The van der Waals surface area contributed by atoms with Crippen LogP contribution in [0, 0.1) is 0 Å². The predicted molar refractivity (Wildman–Crippen MR) is 110 cm³/mol.